The molecule has 2 N–H and O–H groups in total. The van der Waals surface area contributed by atoms with Gasteiger partial charge in [0.15, 0.2) is 0 Å². The minimum absolute atomic E-state index is 0. The number of anilines is 2. The fraction of sp³-hybridized carbons (Fsp3) is 0.0769. The second-order valence-electron chi connectivity index (χ2n) is 7.64. The molecule has 38 heavy (non-hydrogen) atoms. The molecule has 0 saturated heterocycles. The van der Waals surface area contributed by atoms with Crippen LogP contribution in [0.3, 0.4) is 0 Å². The molecule has 0 fully saturated rings. The van der Waals surface area contributed by atoms with Gasteiger partial charge in [-0.2, -0.15) is 0 Å². The molecule has 0 amide bonds. The van der Waals surface area contributed by atoms with Crippen LogP contribution in [0.4, 0.5) is 11.4 Å². The van der Waals surface area contributed by atoms with Gasteiger partial charge in [0, 0.05) is 24.5 Å². The van der Waals surface area contributed by atoms with Crippen LogP contribution in [0, 0.1) is 0 Å². The second-order valence-corrected chi connectivity index (χ2v) is 10.4. The quantitative estimate of drug-likeness (QED) is 0.191. The summed E-state index contributed by atoms with van der Waals surface area (Å²) in [6.07, 6.45) is 0. The summed E-state index contributed by atoms with van der Waals surface area (Å²) >= 11 is 0. The van der Waals surface area contributed by atoms with Crippen molar-refractivity contribution in [3.05, 3.63) is 120 Å². The topological polar surface area (TPSA) is 138 Å². The first-order valence-corrected chi connectivity index (χ1v) is 13.6. The largest absolute Gasteiger partial charge is 1.00 e. The van der Waals surface area contributed by atoms with Crippen LogP contribution in [0.1, 0.15) is 11.1 Å². The molecule has 0 aliphatic rings. The van der Waals surface area contributed by atoms with Crippen LogP contribution in [-0.4, -0.2) is 25.9 Å². The molecule has 0 saturated carbocycles. The number of hydrogen-bond donors (Lipinski definition) is 2. The van der Waals surface area contributed by atoms with E-state index in [2.05, 4.69) is 10.6 Å². The van der Waals surface area contributed by atoms with Crippen molar-refractivity contribution in [1.82, 2.24) is 0 Å². The van der Waals surface area contributed by atoms with E-state index < -0.39 is 20.2 Å². The van der Waals surface area contributed by atoms with Crippen molar-refractivity contribution in [2.24, 2.45) is 0 Å². The SMILES string of the molecule is O=S(=O)([O-])c1ccc(NCc2ccccc2)cc1.O=S(=O)([O-])c1ccc(NCc2ccccc2)cc1.[Na+].[Na+]. The molecule has 0 heterocycles. The third-order valence-electron chi connectivity index (χ3n) is 4.96. The molecule has 0 atom stereocenters. The Balaban J connectivity index is 0.000000361. The van der Waals surface area contributed by atoms with E-state index in [0.29, 0.717) is 13.1 Å². The Morgan fingerprint density at radius 3 is 1.03 bits per heavy atom. The molecule has 4 aromatic carbocycles. The Morgan fingerprint density at radius 1 is 0.474 bits per heavy atom. The summed E-state index contributed by atoms with van der Waals surface area (Å²) in [5.41, 5.74) is 3.79. The van der Waals surface area contributed by atoms with Gasteiger partial charge in [0.05, 0.1) is 9.79 Å². The molecule has 0 aliphatic carbocycles. The maximum Gasteiger partial charge on any atom is 1.00 e. The molecule has 12 heteroatoms. The van der Waals surface area contributed by atoms with Gasteiger partial charge in [-0.1, -0.05) is 60.7 Å². The van der Waals surface area contributed by atoms with Gasteiger partial charge >= 0.3 is 59.1 Å². The zero-order chi connectivity index (χ0) is 26.0. The minimum atomic E-state index is -4.36. The van der Waals surface area contributed by atoms with Gasteiger partial charge in [-0.05, 0) is 59.7 Å². The molecule has 4 aromatic rings. The van der Waals surface area contributed by atoms with Crippen molar-refractivity contribution in [3.63, 3.8) is 0 Å². The van der Waals surface area contributed by atoms with E-state index >= 15 is 0 Å². The van der Waals surface area contributed by atoms with Gasteiger partial charge in [0.2, 0.25) is 0 Å². The van der Waals surface area contributed by atoms with Crippen LogP contribution < -0.4 is 69.7 Å². The van der Waals surface area contributed by atoms with Crippen LogP contribution >= 0.6 is 0 Å². The summed E-state index contributed by atoms with van der Waals surface area (Å²) in [6.45, 7) is 1.29. The van der Waals surface area contributed by atoms with Crippen LogP contribution in [0.5, 0.6) is 0 Å². The third-order valence-corrected chi connectivity index (χ3v) is 6.66. The van der Waals surface area contributed by atoms with E-state index in [0.717, 1.165) is 22.5 Å². The zero-order valence-electron chi connectivity index (χ0n) is 21.1. The molecular weight excluding hydrogens is 546 g/mol. The third kappa shape index (κ3) is 12.0. The molecule has 0 bridgehead atoms. The normalized spacial score (nSPS) is 10.6. The van der Waals surface area contributed by atoms with E-state index in [1.807, 2.05) is 60.7 Å². The minimum Gasteiger partial charge on any atom is -0.744 e. The summed E-state index contributed by atoms with van der Waals surface area (Å²) in [7, 11) is -8.73. The standard InChI is InChI=1S/2C13H13NO3S.2Na/c2*15-18(16,17)13-8-6-12(7-9-13)14-10-11-4-2-1-3-5-11;;/h2*1-9,14H,10H2,(H,15,16,17);;/q;;2*+1/p-2. The summed E-state index contributed by atoms with van der Waals surface area (Å²) in [4.78, 5) is -0.430. The molecule has 188 valence electrons. The van der Waals surface area contributed by atoms with Crippen molar-refractivity contribution < 1.29 is 85.1 Å². The first kappa shape index (κ1) is 34.3. The predicted molar refractivity (Wildman–Crippen MR) is 136 cm³/mol. The van der Waals surface area contributed by atoms with Crippen LogP contribution in [-0.2, 0) is 33.3 Å². The van der Waals surface area contributed by atoms with Crippen LogP contribution in [0.15, 0.2) is 119 Å². The fourth-order valence-corrected chi connectivity index (χ4v) is 4.02. The van der Waals surface area contributed by atoms with Crippen molar-refractivity contribution >= 4 is 31.6 Å². The van der Waals surface area contributed by atoms with Gasteiger partial charge < -0.3 is 19.7 Å². The molecule has 8 nitrogen and oxygen atoms in total. The number of benzene rings is 4. The van der Waals surface area contributed by atoms with Crippen molar-refractivity contribution in [2.75, 3.05) is 10.6 Å². The predicted octanol–water partition coefficient (Wildman–Crippen LogP) is -1.59. The van der Waals surface area contributed by atoms with Crippen LogP contribution in [0.2, 0.25) is 0 Å². The van der Waals surface area contributed by atoms with Gasteiger partial charge in [-0.15, -0.1) is 0 Å². The number of hydrogen-bond acceptors (Lipinski definition) is 8. The molecule has 0 aliphatic heterocycles. The molecule has 0 aromatic heterocycles. The van der Waals surface area contributed by atoms with Crippen molar-refractivity contribution in [3.8, 4) is 0 Å². The summed E-state index contributed by atoms with van der Waals surface area (Å²) in [6, 6.07) is 31.1. The van der Waals surface area contributed by atoms with Gasteiger partial charge in [0.1, 0.15) is 20.2 Å². The Bertz CT molecular complexity index is 1340. The van der Waals surface area contributed by atoms with E-state index in [9.17, 15) is 25.9 Å². The Morgan fingerprint density at radius 2 is 0.763 bits per heavy atom. The van der Waals surface area contributed by atoms with E-state index in [1.165, 1.54) is 24.3 Å². The molecule has 4 rings (SSSR count). The Labute approximate surface area is 268 Å². The van der Waals surface area contributed by atoms with E-state index in [4.69, 9.17) is 0 Å². The summed E-state index contributed by atoms with van der Waals surface area (Å²) < 4.78 is 64.5. The maximum atomic E-state index is 10.7. The monoisotopic (exact) mass is 570 g/mol. The molecule has 0 spiro atoms. The fourth-order valence-electron chi connectivity index (χ4n) is 3.08. The smallest absolute Gasteiger partial charge is 0.744 e. The van der Waals surface area contributed by atoms with E-state index in [1.54, 1.807) is 24.3 Å². The average molecular weight is 571 g/mol. The number of rotatable bonds is 8. The Kier molecular flexibility index (Phi) is 14.8. The summed E-state index contributed by atoms with van der Waals surface area (Å²) in [5, 5.41) is 6.29. The summed E-state index contributed by atoms with van der Waals surface area (Å²) in [5.74, 6) is 0. The first-order valence-electron chi connectivity index (χ1n) is 10.8. The van der Waals surface area contributed by atoms with Gasteiger partial charge in [-0.25, -0.2) is 16.8 Å². The second kappa shape index (κ2) is 16.4. The van der Waals surface area contributed by atoms with E-state index in [-0.39, 0.29) is 68.9 Å². The molecule has 0 unspecified atom stereocenters. The van der Waals surface area contributed by atoms with Gasteiger partial charge in [-0.3, -0.25) is 0 Å². The average Bonchev–Trinajstić information content (AvgIpc) is 2.87. The maximum absolute atomic E-state index is 10.7. The molecular formula is C26H24N2Na2O6S2. The van der Waals surface area contributed by atoms with Crippen molar-refractivity contribution in [2.45, 2.75) is 22.9 Å². The zero-order valence-corrected chi connectivity index (χ0v) is 26.7. The molecule has 0 radical (unpaired) electrons. The van der Waals surface area contributed by atoms with Crippen LogP contribution in [0.25, 0.3) is 0 Å². The number of nitrogens with one attached hydrogen (secondary N) is 2. The van der Waals surface area contributed by atoms with Crippen molar-refractivity contribution in [1.29, 1.82) is 0 Å². The van der Waals surface area contributed by atoms with Gasteiger partial charge in [0.25, 0.3) is 0 Å². The Hall–Kier alpha value is -1.70. The first-order chi connectivity index (χ1) is 17.1.